The Hall–Kier alpha value is -1.21. The fourth-order valence-electron chi connectivity index (χ4n) is 10.4. The highest BCUT2D eigenvalue weighted by Crippen LogP contribution is 2.48. The zero-order valence-corrected chi connectivity index (χ0v) is 29.2. The van der Waals surface area contributed by atoms with Crippen LogP contribution in [0, 0.1) is 65.1 Å². The average molecular weight is 634 g/mol. The van der Waals surface area contributed by atoms with E-state index in [2.05, 4.69) is 53.4 Å². The zero-order valence-electron chi connectivity index (χ0n) is 29.2. The van der Waals surface area contributed by atoms with E-state index in [0.717, 1.165) is 51.6 Å². The van der Waals surface area contributed by atoms with Crippen LogP contribution in [0.25, 0.3) is 0 Å². The quantitative estimate of drug-likeness (QED) is 0.258. The van der Waals surface area contributed by atoms with Crippen molar-refractivity contribution in [1.29, 1.82) is 0 Å². The van der Waals surface area contributed by atoms with Gasteiger partial charge in [0.15, 0.2) is 5.78 Å². The molecule has 0 aromatic heterocycles. The molecule has 10 unspecified atom stereocenters. The molecule has 7 heteroatoms. The second-order valence-corrected chi connectivity index (χ2v) is 17.0. The van der Waals surface area contributed by atoms with E-state index >= 15 is 0 Å². The minimum atomic E-state index is -4.25. The van der Waals surface area contributed by atoms with Crippen LogP contribution in [0.2, 0.25) is 0 Å². The maximum Gasteiger partial charge on any atom is 0.392 e. The maximum absolute atomic E-state index is 14.3. The minimum absolute atomic E-state index is 0.00365. The lowest BCUT2D eigenvalue weighted by Crippen LogP contribution is -2.52. The van der Waals surface area contributed by atoms with Gasteiger partial charge in [0.25, 0.3) is 0 Å². The number of carbonyl (C=O) groups is 1. The molecular weight excluding hydrogens is 571 g/mol. The molecule has 2 N–H and O–H groups in total. The Morgan fingerprint density at radius 3 is 2.22 bits per heavy atom. The van der Waals surface area contributed by atoms with E-state index in [0.29, 0.717) is 66.9 Å². The number of ketones is 1. The molecule has 0 bridgehead atoms. The number of hydrogen-bond donors (Lipinski definition) is 1. The molecule has 45 heavy (non-hydrogen) atoms. The summed E-state index contributed by atoms with van der Waals surface area (Å²) < 4.78 is 42.9. The van der Waals surface area contributed by atoms with E-state index in [4.69, 9.17) is 10.7 Å². The summed E-state index contributed by atoms with van der Waals surface area (Å²) >= 11 is 0. The Kier molecular flexibility index (Phi) is 11.0. The van der Waals surface area contributed by atoms with Gasteiger partial charge in [0.2, 0.25) is 0 Å². The number of hydrogen-bond acceptors (Lipinski definition) is 4. The minimum Gasteiger partial charge on any atom is -0.321 e. The van der Waals surface area contributed by atoms with E-state index < -0.39 is 24.1 Å². The number of Topliss-reactive ketones (excluding diaryl/α,β-unsaturated/α-hetero) is 1. The van der Waals surface area contributed by atoms with Crippen LogP contribution >= 0.6 is 0 Å². The first-order valence-electron chi connectivity index (χ1n) is 18.4. The van der Waals surface area contributed by atoms with Gasteiger partial charge in [-0.15, -0.1) is 0 Å². The van der Waals surface area contributed by atoms with Gasteiger partial charge in [-0.2, -0.15) is 13.2 Å². The number of halogens is 3. The molecule has 3 fully saturated rings. The van der Waals surface area contributed by atoms with Crippen molar-refractivity contribution in [2.24, 2.45) is 75.8 Å². The molecule has 0 amide bonds. The first kappa shape index (κ1) is 35.1. The molecule has 2 saturated carbocycles. The number of likely N-dealkylation sites (tertiary alicyclic amines) is 1. The molecule has 10 atom stereocenters. The van der Waals surface area contributed by atoms with Gasteiger partial charge in [-0.25, -0.2) is 0 Å². The molecule has 0 aromatic carbocycles. The molecule has 2 aliphatic heterocycles. The topological polar surface area (TPSA) is 58.7 Å². The molecular formula is C38H62F3N3O. The Bertz CT molecular complexity index is 1090. The first-order chi connectivity index (χ1) is 21.1. The number of allylic oxidation sites excluding steroid dienone is 2. The molecule has 0 spiro atoms. The second-order valence-electron chi connectivity index (χ2n) is 17.0. The summed E-state index contributed by atoms with van der Waals surface area (Å²) in [5, 5.41) is 0. The van der Waals surface area contributed by atoms with E-state index in [1.807, 2.05) is 0 Å². The third-order valence-corrected chi connectivity index (χ3v) is 13.2. The van der Waals surface area contributed by atoms with Gasteiger partial charge < -0.3 is 10.6 Å². The van der Waals surface area contributed by atoms with Crippen LogP contribution < -0.4 is 5.73 Å². The molecule has 4 nitrogen and oxygen atoms in total. The van der Waals surface area contributed by atoms with Crippen LogP contribution in [0.15, 0.2) is 16.1 Å². The number of carbonyl (C=O) groups excluding carboxylic acids is 1. The predicted octanol–water partition coefficient (Wildman–Crippen LogP) is 8.74. The summed E-state index contributed by atoms with van der Waals surface area (Å²) in [6.07, 6.45) is 4.11. The maximum atomic E-state index is 14.3. The summed E-state index contributed by atoms with van der Waals surface area (Å²) in [5.74, 6) is 0.939. The summed E-state index contributed by atoms with van der Waals surface area (Å²) in [4.78, 5) is 21.8. The van der Waals surface area contributed by atoms with Gasteiger partial charge in [0.1, 0.15) is 0 Å². The summed E-state index contributed by atoms with van der Waals surface area (Å²) in [6, 6.07) is -0.413. The summed E-state index contributed by atoms with van der Waals surface area (Å²) in [6.45, 7) is 18.3. The molecule has 0 radical (unpaired) electrons. The SMILES string of the molecule is CC1=C(C)CC(C2CCC(C)C(C(C(C)C)C3CC(C(=O)C(N)C4CCC(CN5CC(C)C5)C(C(F)(F)F)C4)CCC3C)=N2)C1. The number of nitrogens with zero attached hydrogens (tertiary/aromatic N) is 2. The van der Waals surface area contributed by atoms with Gasteiger partial charge in [-0.05, 0) is 125 Å². The molecule has 0 aromatic rings. The lowest BCUT2D eigenvalue weighted by atomic mass is 9.61. The Balaban J connectivity index is 1.27. The molecule has 256 valence electrons. The summed E-state index contributed by atoms with van der Waals surface area (Å²) in [5.41, 5.74) is 11.1. The van der Waals surface area contributed by atoms with Crippen LogP contribution in [-0.2, 0) is 4.79 Å². The largest absolute Gasteiger partial charge is 0.392 e. The highest BCUT2D eigenvalue weighted by atomic mass is 19.4. The van der Waals surface area contributed by atoms with Crippen molar-refractivity contribution < 1.29 is 18.0 Å². The predicted molar refractivity (Wildman–Crippen MR) is 178 cm³/mol. The molecule has 5 rings (SSSR count). The van der Waals surface area contributed by atoms with Crippen LogP contribution in [0.4, 0.5) is 13.2 Å². The molecule has 2 heterocycles. The first-order valence-corrected chi connectivity index (χ1v) is 18.4. The molecule has 3 aliphatic carbocycles. The normalized spacial score (nSPS) is 37.5. The van der Waals surface area contributed by atoms with Crippen molar-refractivity contribution in [1.82, 2.24) is 4.90 Å². The number of rotatable bonds is 9. The molecule has 5 aliphatic rings. The lowest BCUT2D eigenvalue weighted by molar-refractivity contribution is -0.204. The van der Waals surface area contributed by atoms with E-state index in [9.17, 15) is 18.0 Å². The van der Waals surface area contributed by atoms with E-state index in [-0.39, 0.29) is 24.0 Å². The highest BCUT2D eigenvalue weighted by molar-refractivity contribution is 5.90. The van der Waals surface area contributed by atoms with Gasteiger partial charge in [0.05, 0.1) is 18.0 Å². The Labute approximate surface area is 271 Å². The van der Waals surface area contributed by atoms with Crippen LogP contribution in [-0.4, -0.2) is 54.3 Å². The number of nitrogens with two attached hydrogens (primary N) is 1. The fourth-order valence-corrected chi connectivity index (χ4v) is 10.4. The third kappa shape index (κ3) is 7.76. The summed E-state index contributed by atoms with van der Waals surface area (Å²) in [7, 11) is 0. The van der Waals surface area contributed by atoms with Crippen molar-refractivity contribution in [3.63, 3.8) is 0 Å². The van der Waals surface area contributed by atoms with Crippen LogP contribution in [0.5, 0.6) is 0 Å². The highest BCUT2D eigenvalue weighted by Gasteiger charge is 2.51. The Morgan fingerprint density at radius 2 is 1.62 bits per heavy atom. The molecule has 1 saturated heterocycles. The van der Waals surface area contributed by atoms with Crippen molar-refractivity contribution in [3.8, 4) is 0 Å². The number of alkyl halides is 3. The standard InChI is InChI=1S/C38H62F3N3O/c1-21(2)34(36-24(5)9-13-33(43-36)30-14-25(6)26(7)15-30)31-16-28(10-8-23(31)4)37(45)35(42)27-11-12-29(20-44-18-22(3)19-44)32(17-27)38(39,40)41/h21-24,27-35H,8-20,42H2,1-7H3. The smallest absolute Gasteiger partial charge is 0.321 e. The second kappa shape index (κ2) is 14.1. The van der Waals surface area contributed by atoms with Gasteiger partial charge >= 0.3 is 6.18 Å². The van der Waals surface area contributed by atoms with E-state index in [1.165, 1.54) is 23.3 Å². The van der Waals surface area contributed by atoms with Gasteiger partial charge in [-0.3, -0.25) is 9.79 Å². The number of aliphatic imine (C=N–C) groups is 1. The van der Waals surface area contributed by atoms with Crippen molar-refractivity contribution in [2.45, 2.75) is 131 Å². The van der Waals surface area contributed by atoms with Crippen LogP contribution in [0.3, 0.4) is 0 Å². The lowest BCUT2D eigenvalue weighted by Gasteiger charge is -2.46. The monoisotopic (exact) mass is 633 g/mol. The van der Waals surface area contributed by atoms with Crippen molar-refractivity contribution in [3.05, 3.63) is 11.1 Å². The zero-order chi connectivity index (χ0) is 32.8. The fraction of sp³-hybridized carbons (Fsp3) is 0.895. The third-order valence-electron chi connectivity index (χ3n) is 13.2. The average Bonchev–Trinajstić information content (AvgIpc) is 3.30. The Morgan fingerprint density at radius 1 is 0.956 bits per heavy atom. The van der Waals surface area contributed by atoms with Crippen molar-refractivity contribution in [2.75, 3.05) is 19.6 Å². The van der Waals surface area contributed by atoms with Gasteiger partial charge in [0, 0.05) is 37.2 Å². The van der Waals surface area contributed by atoms with E-state index in [1.54, 1.807) is 0 Å². The van der Waals surface area contributed by atoms with Crippen molar-refractivity contribution >= 4 is 11.5 Å². The van der Waals surface area contributed by atoms with Crippen LogP contribution in [0.1, 0.15) is 113 Å². The van der Waals surface area contributed by atoms with Gasteiger partial charge in [-0.1, -0.05) is 45.8 Å².